The summed E-state index contributed by atoms with van der Waals surface area (Å²) in [6.07, 6.45) is 0. The number of nitro benzene ring substituents is 1. The Bertz CT molecular complexity index is 1010. The van der Waals surface area contributed by atoms with Crippen molar-refractivity contribution in [3.8, 4) is 17.1 Å². The van der Waals surface area contributed by atoms with Gasteiger partial charge in [-0.15, -0.1) is 5.10 Å². The molecule has 9 nitrogen and oxygen atoms in total. The number of H-pyrrole nitrogens is 1. The van der Waals surface area contributed by atoms with Crippen molar-refractivity contribution >= 4 is 40.6 Å². The van der Waals surface area contributed by atoms with E-state index in [-0.39, 0.29) is 28.1 Å². The molecule has 0 atom stereocenters. The number of halogens is 1. The molecule has 2 N–H and O–H groups in total. The number of nitrogens with one attached hydrogen (secondary N) is 2. The molecule has 3 aromatic rings. The Kier molecular flexibility index (Phi) is 6.12. The van der Waals surface area contributed by atoms with Gasteiger partial charge < -0.3 is 10.1 Å². The lowest BCUT2D eigenvalue weighted by Gasteiger charge is -2.06. The molecular formula is C17H14ClN5O4S. The third kappa shape index (κ3) is 4.78. The average Bonchev–Trinajstić information content (AvgIpc) is 3.17. The van der Waals surface area contributed by atoms with Crippen LogP contribution in [0.15, 0.2) is 47.6 Å². The number of nitrogens with zero attached hydrogens (tertiary/aromatic N) is 3. The first-order chi connectivity index (χ1) is 13.5. The molecule has 0 bridgehead atoms. The van der Waals surface area contributed by atoms with E-state index in [1.807, 2.05) is 12.1 Å². The van der Waals surface area contributed by atoms with E-state index in [0.29, 0.717) is 11.0 Å². The van der Waals surface area contributed by atoms with E-state index in [2.05, 4.69) is 20.5 Å². The molecule has 28 heavy (non-hydrogen) atoms. The summed E-state index contributed by atoms with van der Waals surface area (Å²) in [5.41, 5.74) is 0.841. The largest absolute Gasteiger partial charge is 0.497 e. The lowest BCUT2D eigenvalue weighted by atomic mass is 10.2. The zero-order valence-corrected chi connectivity index (χ0v) is 16.1. The summed E-state index contributed by atoms with van der Waals surface area (Å²) < 4.78 is 5.11. The number of hydrogen-bond acceptors (Lipinski definition) is 7. The van der Waals surface area contributed by atoms with Crippen LogP contribution in [0.2, 0.25) is 5.02 Å². The molecule has 3 rings (SSSR count). The van der Waals surface area contributed by atoms with E-state index in [9.17, 15) is 14.9 Å². The summed E-state index contributed by atoms with van der Waals surface area (Å²) in [7, 11) is 1.59. The highest BCUT2D eigenvalue weighted by molar-refractivity contribution is 7.99. The third-order valence-electron chi connectivity index (χ3n) is 3.60. The highest BCUT2D eigenvalue weighted by Gasteiger charge is 2.14. The molecule has 0 unspecified atom stereocenters. The number of carbonyl (C=O) groups excluding carboxylic acids is 1. The number of aromatic amines is 1. The second-order valence-corrected chi connectivity index (χ2v) is 6.80. The number of ether oxygens (including phenoxy) is 1. The first-order valence-corrected chi connectivity index (χ1v) is 9.26. The van der Waals surface area contributed by atoms with Gasteiger partial charge in [0, 0.05) is 17.7 Å². The predicted molar refractivity (Wildman–Crippen MR) is 106 cm³/mol. The maximum atomic E-state index is 12.1. The summed E-state index contributed by atoms with van der Waals surface area (Å²) in [6, 6.07) is 11.1. The van der Waals surface area contributed by atoms with Crippen LogP contribution in [0.5, 0.6) is 5.75 Å². The summed E-state index contributed by atoms with van der Waals surface area (Å²) in [6.45, 7) is 0. The van der Waals surface area contributed by atoms with Gasteiger partial charge in [0.05, 0.1) is 28.5 Å². The van der Waals surface area contributed by atoms with Crippen LogP contribution in [0.1, 0.15) is 0 Å². The number of thioether (sulfide) groups is 1. The molecule has 1 amide bonds. The summed E-state index contributed by atoms with van der Waals surface area (Å²) in [4.78, 5) is 26.7. The molecule has 144 valence electrons. The minimum absolute atomic E-state index is 0.0128. The Balaban J connectivity index is 1.60. The molecule has 2 aromatic carbocycles. The lowest BCUT2D eigenvalue weighted by molar-refractivity contribution is -0.384. The molecule has 0 fully saturated rings. The van der Waals surface area contributed by atoms with Crippen LogP contribution in [0.4, 0.5) is 11.4 Å². The Morgan fingerprint density at radius 2 is 2.07 bits per heavy atom. The molecule has 1 heterocycles. The van der Waals surface area contributed by atoms with Gasteiger partial charge in [-0.05, 0) is 30.3 Å². The van der Waals surface area contributed by atoms with E-state index in [4.69, 9.17) is 16.3 Å². The van der Waals surface area contributed by atoms with Crippen molar-refractivity contribution in [2.24, 2.45) is 0 Å². The van der Waals surface area contributed by atoms with Crippen molar-refractivity contribution in [2.45, 2.75) is 5.16 Å². The van der Waals surface area contributed by atoms with Gasteiger partial charge in [-0.25, -0.2) is 4.98 Å². The maximum Gasteiger partial charge on any atom is 0.271 e. The summed E-state index contributed by atoms with van der Waals surface area (Å²) in [5.74, 6) is 0.920. The first-order valence-electron chi connectivity index (χ1n) is 7.89. The molecule has 0 aliphatic rings. The van der Waals surface area contributed by atoms with Crippen molar-refractivity contribution in [2.75, 3.05) is 18.2 Å². The predicted octanol–water partition coefficient (Wildman–Crippen LogP) is 3.77. The number of benzene rings is 2. The first kappa shape index (κ1) is 19.6. The Morgan fingerprint density at radius 1 is 1.32 bits per heavy atom. The standard InChI is InChI=1S/C17H14ClN5O4S/c1-27-12-5-2-10(3-6-12)16-20-17(22-21-16)28-9-15(24)19-14-8-11(23(25)26)4-7-13(14)18/h2-8H,9H2,1H3,(H,19,24)(H,20,21,22). The zero-order chi connectivity index (χ0) is 20.1. The maximum absolute atomic E-state index is 12.1. The second-order valence-electron chi connectivity index (χ2n) is 5.45. The van der Waals surface area contributed by atoms with Gasteiger partial charge in [0.25, 0.3) is 5.69 Å². The molecule has 11 heteroatoms. The summed E-state index contributed by atoms with van der Waals surface area (Å²) in [5, 5.41) is 20.9. The molecule has 0 aliphatic heterocycles. The zero-order valence-electron chi connectivity index (χ0n) is 14.5. The van der Waals surface area contributed by atoms with Gasteiger partial charge in [-0.3, -0.25) is 20.0 Å². The normalized spacial score (nSPS) is 10.5. The van der Waals surface area contributed by atoms with E-state index in [1.54, 1.807) is 19.2 Å². The number of carbonyl (C=O) groups is 1. The molecule has 0 spiro atoms. The number of hydrogen-bond donors (Lipinski definition) is 2. The average molecular weight is 420 g/mol. The van der Waals surface area contributed by atoms with Gasteiger partial charge >= 0.3 is 0 Å². The fourth-order valence-electron chi connectivity index (χ4n) is 2.23. The minimum Gasteiger partial charge on any atom is -0.497 e. The SMILES string of the molecule is COc1ccc(-c2nc(SCC(=O)Nc3cc([N+](=O)[O-])ccc3Cl)n[nH]2)cc1. The van der Waals surface area contributed by atoms with Gasteiger partial charge in [0.2, 0.25) is 11.1 Å². The molecule has 0 radical (unpaired) electrons. The fraction of sp³-hybridized carbons (Fsp3) is 0.118. The number of nitro groups is 1. The van der Waals surface area contributed by atoms with Crippen molar-refractivity contribution in [1.82, 2.24) is 15.2 Å². The second kappa shape index (κ2) is 8.72. The van der Waals surface area contributed by atoms with Gasteiger partial charge in [0.1, 0.15) is 5.75 Å². The Labute approximate surface area is 168 Å². The van der Waals surface area contributed by atoms with E-state index in [0.717, 1.165) is 23.1 Å². The van der Waals surface area contributed by atoms with Crippen LogP contribution in [-0.4, -0.2) is 38.9 Å². The van der Waals surface area contributed by atoms with Gasteiger partial charge in [-0.2, -0.15) is 0 Å². The van der Waals surface area contributed by atoms with Gasteiger partial charge in [0.15, 0.2) is 5.82 Å². The fourth-order valence-corrected chi connectivity index (χ4v) is 2.99. The summed E-state index contributed by atoms with van der Waals surface area (Å²) >= 11 is 7.09. The van der Waals surface area contributed by atoms with Crippen molar-refractivity contribution in [1.29, 1.82) is 0 Å². The number of methoxy groups -OCH3 is 1. The van der Waals surface area contributed by atoms with E-state index >= 15 is 0 Å². The van der Waals surface area contributed by atoms with E-state index in [1.165, 1.54) is 18.2 Å². The number of aromatic nitrogens is 3. The number of anilines is 1. The number of non-ortho nitro benzene ring substituents is 1. The topological polar surface area (TPSA) is 123 Å². The molecule has 0 aliphatic carbocycles. The number of rotatable bonds is 7. The van der Waals surface area contributed by atoms with E-state index < -0.39 is 4.92 Å². The van der Waals surface area contributed by atoms with Crippen LogP contribution in [0.25, 0.3) is 11.4 Å². The lowest BCUT2D eigenvalue weighted by Crippen LogP contribution is -2.14. The Morgan fingerprint density at radius 3 is 2.75 bits per heavy atom. The van der Waals surface area contributed by atoms with Crippen molar-refractivity contribution in [3.63, 3.8) is 0 Å². The van der Waals surface area contributed by atoms with Crippen LogP contribution in [-0.2, 0) is 4.79 Å². The van der Waals surface area contributed by atoms with Crippen molar-refractivity contribution in [3.05, 3.63) is 57.6 Å². The van der Waals surface area contributed by atoms with Crippen LogP contribution in [0.3, 0.4) is 0 Å². The number of amides is 1. The molecule has 1 aromatic heterocycles. The molecule has 0 saturated carbocycles. The quantitative estimate of drug-likeness (QED) is 0.339. The Hall–Kier alpha value is -3.11. The third-order valence-corrected chi connectivity index (χ3v) is 4.77. The van der Waals surface area contributed by atoms with Crippen LogP contribution >= 0.6 is 23.4 Å². The van der Waals surface area contributed by atoms with Gasteiger partial charge in [-0.1, -0.05) is 23.4 Å². The monoisotopic (exact) mass is 419 g/mol. The van der Waals surface area contributed by atoms with Crippen LogP contribution in [0, 0.1) is 10.1 Å². The highest BCUT2D eigenvalue weighted by Crippen LogP contribution is 2.27. The van der Waals surface area contributed by atoms with Crippen LogP contribution < -0.4 is 10.1 Å². The molecule has 0 saturated heterocycles. The minimum atomic E-state index is -0.560. The smallest absolute Gasteiger partial charge is 0.271 e. The highest BCUT2D eigenvalue weighted by atomic mass is 35.5. The molecular weight excluding hydrogens is 406 g/mol. The van der Waals surface area contributed by atoms with Crippen molar-refractivity contribution < 1.29 is 14.5 Å².